The van der Waals surface area contributed by atoms with Crippen LogP contribution in [0.3, 0.4) is 0 Å². The molecule has 30 heavy (non-hydrogen) atoms. The van der Waals surface area contributed by atoms with Crippen LogP contribution < -0.4 is 0 Å². The first-order valence-electron chi connectivity index (χ1n) is 10.6. The van der Waals surface area contributed by atoms with Crippen molar-refractivity contribution in [3.8, 4) is 0 Å². The summed E-state index contributed by atoms with van der Waals surface area (Å²) in [6, 6.07) is 1.67. The molecule has 0 N–H and O–H groups in total. The van der Waals surface area contributed by atoms with Gasteiger partial charge in [-0.05, 0) is 39.0 Å². The molecule has 1 aromatic heterocycles. The lowest BCUT2D eigenvalue weighted by atomic mass is 9.71. The van der Waals surface area contributed by atoms with Gasteiger partial charge in [0.25, 0.3) is 5.91 Å². The molecule has 0 aromatic carbocycles. The van der Waals surface area contributed by atoms with Crippen molar-refractivity contribution in [1.29, 1.82) is 0 Å². The van der Waals surface area contributed by atoms with Crippen LogP contribution in [-0.2, 0) is 4.79 Å². The van der Waals surface area contributed by atoms with Crippen LogP contribution in [0.25, 0.3) is 0 Å². The number of piperidine rings is 2. The molecule has 4 amide bonds. The van der Waals surface area contributed by atoms with Crippen molar-refractivity contribution in [2.45, 2.75) is 44.6 Å². The molecule has 0 saturated carbocycles. The Hall–Kier alpha value is -2.58. The van der Waals surface area contributed by atoms with Crippen LogP contribution in [0.15, 0.2) is 10.6 Å². The molecule has 9 heteroatoms. The number of carbonyl (C=O) groups is 3. The molecule has 4 rings (SSSR count). The third kappa shape index (κ3) is 3.24. The molecule has 9 nitrogen and oxygen atoms in total. The Bertz CT molecular complexity index is 847. The number of hydrogen-bond donors (Lipinski definition) is 0. The highest BCUT2D eigenvalue weighted by molar-refractivity contribution is 5.92. The van der Waals surface area contributed by atoms with E-state index in [2.05, 4.69) is 5.16 Å². The zero-order chi connectivity index (χ0) is 21.7. The van der Waals surface area contributed by atoms with E-state index in [-0.39, 0.29) is 28.8 Å². The van der Waals surface area contributed by atoms with Gasteiger partial charge in [-0.25, -0.2) is 4.79 Å². The van der Waals surface area contributed by atoms with E-state index in [9.17, 15) is 14.4 Å². The van der Waals surface area contributed by atoms with Crippen molar-refractivity contribution in [3.05, 3.63) is 17.5 Å². The fourth-order valence-electron chi connectivity index (χ4n) is 5.46. The standard InChI is InChI=1S/C21H31N5O4/c1-15-13-16(22-30-15)17(27)25-11-7-21(8-12-25)14-20(18(28)24(21)4)5-9-26(10-6-20)19(29)23(2)3/h13H,5-12,14H2,1-4H3. The van der Waals surface area contributed by atoms with Gasteiger partial charge in [-0.2, -0.15) is 0 Å². The second-order valence-electron chi connectivity index (χ2n) is 9.32. The van der Waals surface area contributed by atoms with Crippen molar-refractivity contribution >= 4 is 17.8 Å². The topological polar surface area (TPSA) is 90.2 Å². The molecule has 4 heterocycles. The Morgan fingerprint density at radius 2 is 1.67 bits per heavy atom. The van der Waals surface area contributed by atoms with E-state index >= 15 is 0 Å². The van der Waals surface area contributed by atoms with Crippen LogP contribution in [0, 0.1) is 12.3 Å². The Kier molecular flexibility index (Phi) is 5.02. The van der Waals surface area contributed by atoms with Gasteiger partial charge < -0.3 is 24.1 Å². The number of rotatable bonds is 1. The van der Waals surface area contributed by atoms with E-state index in [0.29, 0.717) is 50.5 Å². The fourth-order valence-corrected chi connectivity index (χ4v) is 5.46. The number of aryl methyl sites for hydroxylation is 1. The predicted octanol–water partition coefficient (Wildman–Crippen LogP) is 1.58. The average molecular weight is 418 g/mol. The van der Waals surface area contributed by atoms with Crippen molar-refractivity contribution in [1.82, 2.24) is 24.8 Å². The number of likely N-dealkylation sites (tertiary alicyclic amines) is 3. The van der Waals surface area contributed by atoms with Crippen molar-refractivity contribution < 1.29 is 18.9 Å². The molecule has 2 spiro atoms. The summed E-state index contributed by atoms with van der Waals surface area (Å²) in [7, 11) is 5.42. The second kappa shape index (κ2) is 7.28. The van der Waals surface area contributed by atoms with Crippen LogP contribution >= 0.6 is 0 Å². The number of aromatic nitrogens is 1. The van der Waals surface area contributed by atoms with Crippen molar-refractivity contribution in [2.75, 3.05) is 47.3 Å². The molecule has 0 aliphatic carbocycles. The molecule has 3 aliphatic heterocycles. The summed E-state index contributed by atoms with van der Waals surface area (Å²) in [5, 5.41) is 3.84. The first-order valence-corrected chi connectivity index (χ1v) is 10.6. The predicted molar refractivity (Wildman–Crippen MR) is 109 cm³/mol. The zero-order valence-electron chi connectivity index (χ0n) is 18.3. The largest absolute Gasteiger partial charge is 0.361 e. The van der Waals surface area contributed by atoms with Gasteiger partial charge in [0.1, 0.15) is 5.76 Å². The lowest BCUT2D eigenvalue weighted by molar-refractivity contribution is -0.139. The third-order valence-electron chi connectivity index (χ3n) is 7.34. The minimum atomic E-state index is -0.382. The second-order valence-corrected chi connectivity index (χ2v) is 9.32. The van der Waals surface area contributed by atoms with Gasteiger partial charge in [0.05, 0.1) is 5.41 Å². The van der Waals surface area contributed by atoms with E-state index in [1.54, 1.807) is 32.0 Å². The fraction of sp³-hybridized carbons (Fsp3) is 0.714. The number of carbonyl (C=O) groups excluding carboxylic acids is 3. The molecule has 3 aliphatic rings. The Labute approximate surface area is 176 Å². The van der Waals surface area contributed by atoms with Gasteiger partial charge >= 0.3 is 6.03 Å². The highest BCUT2D eigenvalue weighted by atomic mass is 16.5. The van der Waals surface area contributed by atoms with Crippen molar-refractivity contribution in [3.63, 3.8) is 0 Å². The molecular weight excluding hydrogens is 386 g/mol. The zero-order valence-corrected chi connectivity index (χ0v) is 18.3. The van der Waals surface area contributed by atoms with Crippen LogP contribution in [0.4, 0.5) is 4.79 Å². The highest BCUT2D eigenvalue weighted by Crippen LogP contribution is 2.52. The van der Waals surface area contributed by atoms with Crippen LogP contribution in [0.1, 0.15) is 48.4 Å². The molecule has 0 atom stereocenters. The summed E-state index contributed by atoms with van der Waals surface area (Å²) < 4.78 is 5.03. The summed E-state index contributed by atoms with van der Waals surface area (Å²) in [6.45, 7) is 4.20. The minimum absolute atomic E-state index is 0.00766. The first-order chi connectivity index (χ1) is 14.2. The summed E-state index contributed by atoms with van der Waals surface area (Å²) in [6.07, 6.45) is 3.75. The molecule has 0 bridgehead atoms. The maximum absolute atomic E-state index is 13.3. The first kappa shape index (κ1) is 20.7. The SMILES string of the molecule is Cc1cc(C(=O)N2CCC3(CC2)CC2(CCN(C(=O)N(C)C)CC2)C(=O)N3C)no1. The molecule has 0 unspecified atom stereocenters. The van der Waals surface area contributed by atoms with Crippen LogP contribution in [-0.4, -0.2) is 95.5 Å². The summed E-state index contributed by atoms with van der Waals surface area (Å²) in [5.41, 5.74) is -0.247. The third-order valence-corrected chi connectivity index (χ3v) is 7.34. The lowest BCUT2D eigenvalue weighted by Gasteiger charge is -2.43. The maximum atomic E-state index is 13.3. The monoisotopic (exact) mass is 417 g/mol. The van der Waals surface area contributed by atoms with Gasteiger partial charge in [0, 0.05) is 58.9 Å². The molecule has 164 valence electrons. The number of nitrogens with zero attached hydrogens (tertiary/aromatic N) is 5. The lowest BCUT2D eigenvalue weighted by Crippen LogP contribution is -2.52. The van der Waals surface area contributed by atoms with Crippen LogP contribution in [0.5, 0.6) is 0 Å². The molecular formula is C21H31N5O4. The maximum Gasteiger partial charge on any atom is 0.319 e. The van der Waals surface area contributed by atoms with Gasteiger partial charge in [0.2, 0.25) is 5.91 Å². The summed E-state index contributed by atoms with van der Waals surface area (Å²) in [4.78, 5) is 45.5. The summed E-state index contributed by atoms with van der Waals surface area (Å²) in [5.74, 6) is 0.708. The summed E-state index contributed by atoms with van der Waals surface area (Å²) >= 11 is 0. The van der Waals surface area contributed by atoms with Crippen molar-refractivity contribution in [2.24, 2.45) is 5.41 Å². The van der Waals surface area contributed by atoms with E-state index in [0.717, 1.165) is 19.3 Å². The normalized spacial score (nSPS) is 22.8. The number of hydrogen-bond acceptors (Lipinski definition) is 5. The van der Waals surface area contributed by atoms with E-state index in [4.69, 9.17) is 4.52 Å². The van der Waals surface area contributed by atoms with E-state index in [1.165, 1.54) is 0 Å². The van der Waals surface area contributed by atoms with E-state index in [1.807, 2.05) is 21.7 Å². The Balaban J connectivity index is 1.42. The van der Waals surface area contributed by atoms with Crippen LogP contribution in [0.2, 0.25) is 0 Å². The Morgan fingerprint density at radius 1 is 1.07 bits per heavy atom. The van der Waals surface area contributed by atoms with Gasteiger partial charge in [-0.3, -0.25) is 9.59 Å². The minimum Gasteiger partial charge on any atom is -0.361 e. The van der Waals surface area contributed by atoms with Gasteiger partial charge in [-0.15, -0.1) is 0 Å². The smallest absolute Gasteiger partial charge is 0.319 e. The van der Waals surface area contributed by atoms with Gasteiger partial charge in [-0.1, -0.05) is 5.16 Å². The molecule has 1 aromatic rings. The average Bonchev–Trinajstić information content (AvgIpc) is 3.25. The number of urea groups is 1. The molecule has 3 fully saturated rings. The highest BCUT2D eigenvalue weighted by Gasteiger charge is 2.59. The molecule has 0 radical (unpaired) electrons. The van der Waals surface area contributed by atoms with Gasteiger partial charge in [0.15, 0.2) is 5.69 Å². The van der Waals surface area contributed by atoms with E-state index < -0.39 is 0 Å². The quantitative estimate of drug-likeness (QED) is 0.692. The Morgan fingerprint density at radius 3 is 2.20 bits per heavy atom. The molecule has 3 saturated heterocycles. The number of amides is 4.